The molecule has 1 aliphatic rings. The molecule has 0 radical (unpaired) electrons. The highest BCUT2D eigenvalue weighted by atomic mass is 16.5. The van der Waals surface area contributed by atoms with Crippen LogP contribution in [0.15, 0.2) is 77.4 Å². The Morgan fingerprint density at radius 2 is 1.82 bits per heavy atom. The van der Waals surface area contributed by atoms with Gasteiger partial charge >= 0.3 is 0 Å². The van der Waals surface area contributed by atoms with Crippen LogP contribution in [0, 0.1) is 0 Å². The van der Waals surface area contributed by atoms with Crippen LogP contribution in [0.3, 0.4) is 0 Å². The topological polar surface area (TPSA) is 54.7 Å². The smallest absolute Gasteiger partial charge is 0.258 e. The van der Waals surface area contributed by atoms with E-state index in [2.05, 4.69) is 34.5 Å². The molecule has 144 valence electrons. The Kier molecular flexibility index (Phi) is 5.73. The van der Waals surface area contributed by atoms with Gasteiger partial charge in [-0.05, 0) is 41.8 Å². The van der Waals surface area contributed by atoms with Gasteiger partial charge < -0.3 is 14.5 Å². The first-order valence-corrected chi connectivity index (χ1v) is 9.58. The molecule has 5 heteroatoms. The number of amides is 1. The molecule has 0 saturated carbocycles. The number of nitrogens with zero attached hydrogens (tertiary/aromatic N) is 1. The van der Waals surface area contributed by atoms with Gasteiger partial charge in [-0.25, -0.2) is 0 Å². The number of para-hydroxylation sites is 1. The number of nitrogens with one attached hydrogen (secondary N) is 1. The van der Waals surface area contributed by atoms with Crippen LogP contribution in [0.25, 0.3) is 0 Å². The minimum absolute atomic E-state index is 0.00226. The monoisotopic (exact) mass is 376 g/mol. The molecule has 0 aliphatic carbocycles. The zero-order chi connectivity index (χ0) is 19.2. The molecule has 1 atom stereocenters. The van der Waals surface area contributed by atoms with Crippen molar-refractivity contribution in [1.29, 1.82) is 0 Å². The SMILES string of the molecule is O=C(COc1ccccc1)NC[C@H](c1ccco1)N1CCc2ccccc2C1. The fraction of sp³-hybridized carbons (Fsp3) is 0.261. The second-order valence-corrected chi connectivity index (χ2v) is 6.93. The molecule has 1 aliphatic heterocycles. The van der Waals surface area contributed by atoms with Crippen LogP contribution in [0.1, 0.15) is 22.9 Å². The van der Waals surface area contributed by atoms with Crippen molar-refractivity contribution in [3.63, 3.8) is 0 Å². The van der Waals surface area contributed by atoms with Crippen molar-refractivity contribution in [2.45, 2.75) is 19.0 Å². The molecule has 0 spiro atoms. The molecule has 0 saturated heterocycles. The lowest BCUT2D eigenvalue weighted by atomic mass is 9.98. The maximum atomic E-state index is 12.3. The summed E-state index contributed by atoms with van der Waals surface area (Å²) in [5, 5.41) is 3.00. The van der Waals surface area contributed by atoms with Crippen molar-refractivity contribution in [2.24, 2.45) is 0 Å². The van der Waals surface area contributed by atoms with Crippen molar-refractivity contribution in [1.82, 2.24) is 10.2 Å². The number of hydrogen-bond donors (Lipinski definition) is 1. The average molecular weight is 376 g/mol. The van der Waals surface area contributed by atoms with Gasteiger partial charge in [0.1, 0.15) is 11.5 Å². The van der Waals surface area contributed by atoms with E-state index < -0.39 is 0 Å². The van der Waals surface area contributed by atoms with Gasteiger partial charge in [0.05, 0.1) is 12.3 Å². The lowest BCUT2D eigenvalue weighted by molar-refractivity contribution is -0.123. The first kappa shape index (κ1) is 18.3. The van der Waals surface area contributed by atoms with E-state index in [-0.39, 0.29) is 18.6 Å². The predicted molar refractivity (Wildman–Crippen MR) is 107 cm³/mol. The van der Waals surface area contributed by atoms with Crippen LogP contribution in [0.5, 0.6) is 5.75 Å². The summed E-state index contributed by atoms with van der Waals surface area (Å²) in [6, 6.07) is 21.7. The summed E-state index contributed by atoms with van der Waals surface area (Å²) < 4.78 is 11.2. The van der Waals surface area contributed by atoms with Crippen molar-refractivity contribution >= 4 is 5.91 Å². The number of ether oxygens (including phenoxy) is 1. The summed E-state index contributed by atoms with van der Waals surface area (Å²) in [7, 11) is 0. The number of rotatable bonds is 7. The Morgan fingerprint density at radius 3 is 2.61 bits per heavy atom. The molecular weight excluding hydrogens is 352 g/mol. The molecule has 4 rings (SSSR count). The third-order valence-electron chi connectivity index (χ3n) is 5.08. The summed E-state index contributed by atoms with van der Waals surface area (Å²) in [5.41, 5.74) is 2.74. The second-order valence-electron chi connectivity index (χ2n) is 6.93. The molecule has 0 fully saturated rings. The van der Waals surface area contributed by atoms with E-state index in [1.54, 1.807) is 6.26 Å². The largest absolute Gasteiger partial charge is 0.484 e. The Hall–Kier alpha value is -3.05. The average Bonchev–Trinajstić information content (AvgIpc) is 3.27. The summed E-state index contributed by atoms with van der Waals surface area (Å²) in [6.07, 6.45) is 2.68. The van der Waals surface area contributed by atoms with Gasteiger partial charge in [0.25, 0.3) is 5.91 Å². The highest BCUT2D eigenvalue weighted by Gasteiger charge is 2.27. The number of hydrogen-bond acceptors (Lipinski definition) is 4. The highest BCUT2D eigenvalue weighted by Crippen LogP contribution is 2.27. The first-order chi connectivity index (χ1) is 13.8. The number of carbonyl (C=O) groups excluding carboxylic acids is 1. The normalized spacial score (nSPS) is 14.9. The molecule has 2 heterocycles. The van der Waals surface area contributed by atoms with Gasteiger partial charge in [0, 0.05) is 19.6 Å². The number of fused-ring (bicyclic) bond motifs is 1. The maximum Gasteiger partial charge on any atom is 0.258 e. The van der Waals surface area contributed by atoms with Crippen LogP contribution in [0.2, 0.25) is 0 Å². The fourth-order valence-corrected chi connectivity index (χ4v) is 3.60. The lowest BCUT2D eigenvalue weighted by Gasteiger charge is -2.34. The molecule has 5 nitrogen and oxygen atoms in total. The number of benzene rings is 2. The molecule has 1 aromatic heterocycles. The maximum absolute atomic E-state index is 12.3. The van der Waals surface area contributed by atoms with E-state index in [4.69, 9.17) is 9.15 Å². The quantitative estimate of drug-likeness (QED) is 0.685. The van der Waals surface area contributed by atoms with Crippen molar-refractivity contribution in [3.05, 3.63) is 89.9 Å². The third-order valence-corrected chi connectivity index (χ3v) is 5.08. The summed E-state index contributed by atoms with van der Waals surface area (Å²) in [5.74, 6) is 1.41. The summed E-state index contributed by atoms with van der Waals surface area (Å²) in [6.45, 7) is 2.25. The Balaban J connectivity index is 1.38. The molecule has 1 amide bonds. The summed E-state index contributed by atoms with van der Waals surface area (Å²) >= 11 is 0. The van der Waals surface area contributed by atoms with Gasteiger partial charge in [-0.1, -0.05) is 42.5 Å². The van der Waals surface area contributed by atoms with Gasteiger partial charge in [-0.15, -0.1) is 0 Å². The predicted octanol–water partition coefficient (Wildman–Crippen LogP) is 3.57. The Morgan fingerprint density at radius 1 is 1.04 bits per heavy atom. The van der Waals surface area contributed by atoms with E-state index in [0.717, 1.165) is 25.3 Å². The van der Waals surface area contributed by atoms with E-state index in [0.29, 0.717) is 12.3 Å². The van der Waals surface area contributed by atoms with Gasteiger partial charge in [-0.3, -0.25) is 9.69 Å². The molecule has 2 aromatic carbocycles. The van der Waals surface area contributed by atoms with Crippen LogP contribution >= 0.6 is 0 Å². The Labute approximate surface area is 164 Å². The van der Waals surface area contributed by atoms with Crippen molar-refractivity contribution in [2.75, 3.05) is 19.7 Å². The zero-order valence-electron chi connectivity index (χ0n) is 15.7. The van der Waals surface area contributed by atoms with Crippen LogP contribution in [-0.4, -0.2) is 30.5 Å². The zero-order valence-corrected chi connectivity index (χ0v) is 15.7. The molecular formula is C23H24N2O3. The molecule has 3 aromatic rings. The Bertz CT molecular complexity index is 893. The van der Waals surface area contributed by atoms with Crippen LogP contribution in [0.4, 0.5) is 0 Å². The van der Waals surface area contributed by atoms with Crippen molar-refractivity contribution < 1.29 is 13.9 Å². The van der Waals surface area contributed by atoms with Crippen LogP contribution < -0.4 is 10.1 Å². The number of carbonyl (C=O) groups is 1. The molecule has 0 unspecified atom stereocenters. The van der Waals surface area contributed by atoms with Gasteiger partial charge in [0.2, 0.25) is 0 Å². The van der Waals surface area contributed by atoms with Gasteiger partial charge in [-0.2, -0.15) is 0 Å². The molecule has 28 heavy (non-hydrogen) atoms. The van der Waals surface area contributed by atoms with Crippen LogP contribution in [-0.2, 0) is 17.8 Å². The van der Waals surface area contributed by atoms with E-state index in [1.165, 1.54) is 11.1 Å². The fourth-order valence-electron chi connectivity index (χ4n) is 3.60. The molecule has 1 N–H and O–H groups in total. The van der Waals surface area contributed by atoms with Crippen molar-refractivity contribution in [3.8, 4) is 5.75 Å². The lowest BCUT2D eigenvalue weighted by Crippen LogP contribution is -2.41. The highest BCUT2D eigenvalue weighted by molar-refractivity contribution is 5.77. The minimum atomic E-state index is -0.141. The third kappa shape index (κ3) is 4.43. The minimum Gasteiger partial charge on any atom is -0.484 e. The van der Waals surface area contributed by atoms with Gasteiger partial charge in [0.15, 0.2) is 6.61 Å². The van der Waals surface area contributed by atoms with E-state index in [9.17, 15) is 4.79 Å². The molecule has 0 bridgehead atoms. The second kappa shape index (κ2) is 8.76. The van der Waals surface area contributed by atoms with E-state index in [1.807, 2.05) is 42.5 Å². The van der Waals surface area contributed by atoms with E-state index >= 15 is 0 Å². The number of furan rings is 1. The standard InChI is InChI=1S/C23H24N2O3/c26-23(17-28-20-9-2-1-3-10-20)24-15-21(22-11-6-14-27-22)25-13-12-18-7-4-5-8-19(18)16-25/h1-11,14,21H,12-13,15-17H2,(H,24,26)/t21-/m1/s1. The summed E-state index contributed by atoms with van der Waals surface area (Å²) in [4.78, 5) is 14.6. The first-order valence-electron chi connectivity index (χ1n) is 9.58.